The van der Waals surface area contributed by atoms with Gasteiger partial charge >= 0.3 is 0 Å². The fourth-order valence-corrected chi connectivity index (χ4v) is 6.69. The number of aromatic hydroxyl groups is 1. The third kappa shape index (κ3) is 3.95. The van der Waals surface area contributed by atoms with E-state index >= 15 is 0 Å². The quantitative estimate of drug-likeness (QED) is 0.354. The normalized spacial score (nSPS) is 26.2. The summed E-state index contributed by atoms with van der Waals surface area (Å²) in [6.45, 7) is 4.03. The Morgan fingerprint density at radius 3 is 2.49 bits per heavy atom. The van der Waals surface area contributed by atoms with Gasteiger partial charge in [-0.1, -0.05) is 48.0 Å². The Kier molecular flexibility index (Phi) is 6.09. The molecule has 6 rings (SSSR count). The fraction of sp³-hybridized carbons (Fsp3) is 0.312. The highest BCUT2D eigenvalue weighted by Gasteiger charge is 2.56. The maximum absolute atomic E-state index is 13.5. The van der Waals surface area contributed by atoms with Crippen LogP contribution in [0.5, 0.6) is 11.5 Å². The first-order valence-electron chi connectivity index (χ1n) is 13.3. The second kappa shape index (κ2) is 9.49. The molecule has 1 heterocycles. The third-order valence-corrected chi connectivity index (χ3v) is 8.53. The Balaban J connectivity index is 1.42. The first-order chi connectivity index (χ1) is 18.8. The molecule has 1 fully saturated rings. The van der Waals surface area contributed by atoms with Crippen molar-refractivity contribution >= 4 is 23.4 Å². The first kappa shape index (κ1) is 25.0. The second-order valence-electron chi connectivity index (χ2n) is 10.6. The van der Waals surface area contributed by atoms with E-state index in [9.17, 15) is 24.3 Å². The fourth-order valence-electron chi connectivity index (χ4n) is 6.69. The zero-order chi connectivity index (χ0) is 27.4. The zero-order valence-electron chi connectivity index (χ0n) is 21.8. The van der Waals surface area contributed by atoms with Crippen LogP contribution < -0.4 is 4.74 Å². The van der Waals surface area contributed by atoms with Crippen LogP contribution in [0.2, 0.25) is 0 Å². The van der Waals surface area contributed by atoms with Crippen molar-refractivity contribution < 1.29 is 29.0 Å². The zero-order valence-corrected chi connectivity index (χ0v) is 21.8. The average Bonchev–Trinajstić information content (AvgIpc) is 3.19. The molecule has 1 aliphatic heterocycles. The average molecular weight is 524 g/mol. The number of hydrogen-bond donors (Lipinski definition) is 1. The molecule has 3 aliphatic carbocycles. The smallest absolute Gasteiger partial charge is 0.233 e. The molecule has 0 radical (unpaired) electrons. The number of rotatable bonds is 5. The predicted octanol–water partition coefficient (Wildman–Crippen LogP) is 4.42. The Hall–Kier alpha value is -4.26. The van der Waals surface area contributed by atoms with Crippen LogP contribution in [-0.2, 0) is 25.8 Å². The molecular formula is C32H29NO6. The minimum atomic E-state index is -0.693. The van der Waals surface area contributed by atoms with Gasteiger partial charge < -0.3 is 9.84 Å². The largest absolute Gasteiger partial charge is 0.507 e. The van der Waals surface area contributed by atoms with Gasteiger partial charge in [0.05, 0.1) is 11.8 Å². The minimum absolute atomic E-state index is 0.0578. The molecule has 7 heteroatoms. The maximum Gasteiger partial charge on any atom is 0.233 e. The number of benzene rings is 2. The van der Waals surface area contributed by atoms with Crippen LogP contribution in [-0.4, -0.2) is 39.9 Å². The van der Waals surface area contributed by atoms with E-state index in [-0.39, 0.29) is 35.6 Å². The molecule has 0 saturated carbocycles. The van der Waals surface area contributed by atoms with Crippen LogP contribution in [0.15, 0.2) is 83.0 Å². The van der Waals surface area contributed by atoms with Gasteiger partial charge in [-0.05, 0) is 50.3 Å². The molecule has 0 aromatic heterocycles. The number of hydrogen-bond acceptors (Lipinski definition) is 6. The van der Waals surface area contributed by atoms with E-state index in [1.807, 2.05) is 36.4 Å². The van der Waals surface area contributed by atoms with Crippen molar-refractivity contribution in [2.45, 2.75) is 39.2 Å². The van der Waals surface area contributed by atoms with Crippen molar-refractivity contribution in [3.05, 3.63) is 94.1 Å². The number of likely N-dealkylation sites (tertiary alicyclic amines) is 1. The van der Waals surface area contributed by atoms with E-state index in [4.69, 9.17) is 4.74 Å². The number of allylic oxidation sites excluding steroid dienone is 6. The summed E-state index contributed by atoms with van der Waals surface area (Å²) in [4.78, 5) is 54.4. The number of ether oxygens (including phenoxy) is 1. The summed E-state index contributed by atoms with van der Waals surface area (Å²) in [5, 5.41) is 11.2. The number of ketones is 2. The Labute approximate surface area is 226 Å². The topological polar surface area (TPSA) is 101 Å². The van der Waals surface area contributed by atoms with Gasteiger partial charge in [-0.15, -0.1) is 0 Å². The highest BCUT2D eigenvalue weighted by molar-refractivity contribution is 6.24. The van der Waals surface area contributed by atoms with E-state index in [2.05, 4.69) is 0 Å². The van der Waals surface area contributed by atoms with Gasteiger partial charge in [0, 0.05) is 40.8 Å². The molecule has 7 nitrogen and oxygen atoms in total. The minimum Gasteiger partial charge on any atom is -0.507 e. The van der Waals surface area contributed by atoms with Crippen LogP contribution in [0.3, 0.4) is 0 Å². The number of phenolic OH excluding ortho intramolecular Hbond substituents is 1. The van der Waals surface area contributed by atoms with Crippen molar-refractivity contribution in [2.24, 2.45) is 17.8 Å². The number of amides is 2. The maximum atomic E-state index is 13.5. The molecule has 0 bridgehead atoms. The van der Waals surface area contributed by atoms with E-state index in [0.717, 1.165) is 11.1 Å². The van der Waals surface area contributed by atoms with Gasteiger partial charge in [0.1, 0.15) is 18.1 Å². The number of nitrogens with zero attached hydrogens (tertiary/aromatic N) is 1. The van der Waals surface area contributed by atoms with Crippen LogP contribution in [0.1, 0.15) is 43.7 Å². The Morgan fingerprint density at radius 2 is 1.77 bits per heavy atom. The van der Waals surface area contributed by atoms with Crippen LogP contribution in [0, 0.1) is 17.8 Å². The SMILES string of the molecule is CCN1C(=O)[C@H]2[C@H](CC=C3[C@H](c4ccc(OCc5ccccc5)cc4O)C4=C(C[C@H]32)C(=O)C=C(C)C4=O)C1=O. The van der Waals surface area contributed by atoms with Gasteiger partial charge in [0.25, 0.3) is 0 Å². The molecule has 4 atom stereocenters. The highest BCUT2D eigenvalue weighted by atomic mass is 16.5. The lowest BCUT2D eigenvalue weighted by atomic mass is 9.59. The van der Waals surface area contributed by atoms with Crippen molar-refractivity contribution in [3.8, 4) is 11.5 Å². The highest BCUT2D eigenvalue weighted by Crippen LogP contribution is 2.56. The summed E-state index contributed by atoms with van der Waals surface area (Å²) in [5.41, 5.74) is 3.36. The van der Waals surface area contributed by atoms with E-state index < -0.39 is 23.7 Å². The number of carbonyl (C=O) groups is 4. The second-order valence-corrected chi connectivity index (χ2v) is 10.6. The van der Waals surface area contributed by atoms with E-state index in [1.54, 1.807) is 26.0 Å². The predicted molar refractivity (Wildman–Crippen MR) is 143 cm³/mol. The number of Topliss-reactive ketones (excluding diaryl/α,β-unsaturated/α-hetero) is 1. The van der Waals surface area contributed by atoms with Crippen LogP contribution in [0.4, 0.5) is 0 Å². The third-order valence-electron chi connectivity index (χ3n) is 8.53. The summed E-state index contributed by atoms with van der Waals surface area (Å²) >= 11 is 0. The summed E-state index contributed by atoms with van der Waals surface area (Å²) in [5.74, 6) is -2.62. The number of imide groups is 1. The van der Waals surface area contributed by atoms with Gasteiger partial charge in [-0.3, -0.25) is 24.1 Å². The summed E-state index contributed by atoms with van der Waals surface area (Å²) in [6.07, 6.45) is 3.92. The summed E-state index contributed by atoms with van der Waals surface area (Å²) in [7, 11) is 0. The molecule has 4 aliphatic rings. The molecule has 39 heavy (non-hydrogen) atoms. The summed E-state index contributed by atoms with van der Waals surface area (Å²) < 4.78 is 5.89. The lowest BCUT2D eigenvalue weighted by Gasteiger charge is -2.42. The lowest BCUT2D eigenvalue weighted by Crippen LogP contribution is -2.39. The molecular weight excluding hydrogens is 494 g/mol. The molecule has 2 amide bonds. The standard InChI is InChI=1S/C32H29NO6/c1-3-33-31(37)22-12-11-20-23(28(22)32(33)38)15-24-25(34)13-17(2)30(36)29(24)27(20)21-10-9-19(14-26(21)35)39-16-18-7-5-4-6-8-18/h4-11,13-14,22-23,27-28,35H,3,12,15-16H2,1-2H3/t22-,23+,27+,28-/m0/s1. The summed E-state index contributed by atoms with van der Waals surface area (Å²) in [6, 6.07) is 14.7. The van der Waals surface area contributed by atoms with Crippen LogP contribution in [0.25, 0.3) is 0 Å². The van der Waals surface area contributed by atoms with Gasteiger partial charge in [0.2, 0.25) is 11.8 Å². The van der Waals surface area contributed by atoms with Crippen LogP contribution >= 0.6 is 0 Å². The van der Waals surface area contributed by atoms with Crippen molar-refractivity contribution in [3.63, 3.8) is 0 Å². The Bertz CT molecular complexity index is 1510. The van der Waals surface area contributed by atoms with Crippen molar-refractivity contribution in [1.29, 1.82) is 0 Å². The van der Waals surface area contributed by atoms with Gasteiger partial charge in [-0.25, -0.2) is 0 Å². The van der Waals surface area contributed by atoms with Crippen molar-refractivity contribution in [2.75, 3.05) is 6.54 Å². The number of carbonyl (C=O) groups excluding carboxylic acids is 4. The van der Waals surface area contributed by atoms with Gasteiger partial charge in [-0.2, -0.15) is 0 Å². The molecule has 0 unspecified atom stereocenters. The van der Waals surface area contributed by atoms with E-state index in [0.29, 0.717) is 47.6 Å². The molecule has 1 saturated heterocycles. The molecule has 2 aromatic rings. The monoisotopic (exact) mass is 523 g/mol. The molecule has 198 valence electrons. The molecule has 0 spiro atoms. The number of fused-ring (bicyclic) bond motifs is 3. The van der Waals surface area contributed by atoms with E-state index in [1.165, 1.54) is 17.0 Å². The number of phenols is 1. The molecule has 1 N–H and O–H groups in total. The lowest BCUT2D eigenvalue weighted by molar-refractivity contribution is -0.139. The van der Waals surface area contributed by atoms with Crippen molar-refractivity contribution in [1.82, 2.24) is 4.90 Å². The Morgan fingerprint density at radius 1 is 1.00 bits per heavy atom. The molecule has 2 aromatic carbocycles. The first-order valence-corrected chi connectivity index (χ1v) is 13.3. The van der Waals surface area contributed by atoms with Gasteiger partial charge in [0.15, 0.2) is 11.6 Å².